The molecule has 0 amide bonds. The van der Waals surface area contributed by atoms with Crippen LogP contribution in [0.4, 0.5) is 0 Å². The first kappa shape index (κ1) is 10.9. The molecule has 68 valence electrons. The lowest BCUT2D eigenvalue weighted by Crippen LogP contribution is -2.26. The van der Waals surface area contributed by atoms with Crippen molar-refractivity contribution in [2.45, 2.75) is 20.8 Å². The first-order valence-corrected chi connectivity index (χ1v) is 4.22. The molecule has 0 aromatic rings. The summed E-state index contributed by atoms with van der Waals surface area (Å²) in [7, 11) is 0. The van der Waals surface area contributed by atoms with E-state index in [4.69, 9.17) is 9.47 Å². The van der Waals surface area contributed by atoms with Crippen molar-refractivity contribution in [3.63, 3.8) is 0 Å². The molecule has 0 radical (unpaired) electrons. The number of rotatable bonds is 7. The Kier molecular flexibility index (Phi) is 7.89. The van der Waals surface area contributed by atoms with Crippen LogP contribution in [0, 0.1) is 0 Å². The minimum Gasteiger partial charge on any atom is -0.356 e. The minimum atomic E-state index is 0.410. The zero-order valence-corrected chi connectivity index (χ0v) is 7.80. The second-order valence-corrected chi connectivity index (χ2v) is 2.25. The standard InChI is InChI=1S/C8H19NO2/c1-4-9(5-2)7-11-8-10-6-3/h4-8H2,1-3H3. The molecule has 0 bridgehead atoms. The maximum atomic E-state index is 5.22. The molecule has 0 heterocycles. The molecule has 0 aliphatic carbocycles. The highest BCUT2D eigenvalue weighted by molar-refractivity contribution is 4.41. The first-order chi connectivity index (χ1) is 5.35. The predicted octanol–water partition coefficient (Wildman–Crippen LogP) is 1.30. The molecule has 0 aromatic heterocycles. The van der Waals surface area contributed by atoms with Gasteiger partial charge in [0.2, 0.25) is 0 Å². The Bertz CT molecular complexity index is 74.5. The minimum absolute atomic E-state index is 0.410. The fraction of sp³-hybridized carbons (Fsp3) is 1.00. The monoisotopic (exact) mass is 161 g/mol. The van der Waals surface area contributed by atoms with E-state index >= 15 is 0 Å². The third-order valence-corrected chi connectivity index (χ3v) is 1.54. The molecule has 0 N–H and O–H groups in total. The van der Waals surface area contributed by atoms with E-state index in [1.54, 1.807) is 0 Å². The Balaban J connectivity index is 3.07. The highest BCUT2D eigenvalue weighted by atomic mass is 16.7. The summed E-state index contributed by atoms with van der Waals surface area (Å²) in [5.74, 6) is 0. The Labute approximate surface area is 69.3 Å². The van der Waals surface area contributed by atoms with Crippen molar-refractivity contribution in [2.75, 3.05) is 33.2 Å². The van der Waals surface area contributed by atoms with Gasteiger partial charge in [-0.2, -0.15) is 0 Å². The molecule has 0 aromatic carbocycles. The van der Waals surface area contributed by atoms with E-state index in [-0.39, 0.29) is 0 Å². The number of hydrogen-bond acceptors (Lipinski definition) is 3. The molecule has 0 aliphatic rings. The van der Waals surface area contributed by atoms with Gasteiger partial charge in [0.05, 0.1) is 0 Å². The van der Waals surface area contributed by atoms with Crippen LogP contribution < -0.4 is 0 Å². The van der Waals surface area contributed by atoms with Gasteiger partial charge in [0.1, 0.15) is 13.5 Å². The van der Waals surface area contributed by atoms with E-state index in [1.807, 2.05) is 6.92 Å². The van der Waals surface area contributed by atoms with Gasteiger partial charge >= 0.3 is 0 Å². The van der Waals surface area contributed by atoms with E-state index in [1.165, 1.54) is 0 Å². The molecular formula is C8H19NO2. The molecule has 3 heteroatoms. The quantitative estimate of drug-likeness (QED) is 0.415. The van der Waals surface area contributed by atoms with Gasteiger partial charge in [-0.25, -0.2) is 0 Å². The van der Waals surface area contributed by atoms with Gasteiger partial charge in [-0.3, -0.25) is 4.90 Å². The molecule has 11 heavy (non-hydrogen) atoms. The van der Waals surface area contributed by atoms with E-state index < -0.39 is 0 Å². The second-order valence-electron chi connectivity index (χ2n) is 2.25. The molecule has 0 spiro atoms. The van der Waals surface area contributed by atoms with Crippen molar-refractivity contribution in [2.24, 2.45) is 0 Å². The van der Waals surface area contributed by atoms with Crippen LogP contribution in [-0.4, -0.2) is 38.1 Å². The van der Waals surface area contributed by atoms with Crippen LogP contribution in [0.25, 0.3) is 0 Å². The van der Waals surface area contributed by atoms with Crippen LogP contribution in [0.2, 0.25) is 0 Å². The Hall–Kier alpha value is -0.120. The van der Waals surface area contributed by atoms with E-state index in [0.29, 0.717) is 13.5 Å². The summed E-state index contributed by atoms with van der Waals surface area (Å²) in [6, 6.07) is 0. The molecule has 0 unspecified atom stereocenters. The van der Waals surface area contributed by atoms with E-state index in [9.17, 15) is 0 Å². The smallest absolute Gasteiger partial charge is 0.148 e. The zero-order chi connectivity index (χ0) is 8.53. The van der Waals surface area contributed by atoms with Crippen molar-refractivity contribution in [3.05, 3.63) is 0 Å². The molecule has 0 saturated carbocycles. The topological polar surface area (TPSA) is 21.7 Å². The zero-order valence-electron chi connectivity index (χ0n) is 7.80. The van der Waals surface area contributed by atoms with Crippen molar-refractivity contribution in [1.82, 2.24) is 4.90 Å². The summed E-state index contributed by atoms with van der Waals surface area (Å²) in [6.45, 7) is 10.1. The Morgan fingerprint density at radius 2 is 1.64 bits per heavy atom. The van der Waals surface area contributed by atoms with Crippen LogP contribution in [0.3, 0.4) is 0 Å². The predicted molar refractivity (Wildman–Crippen MR) is 45.4 cm³/mol. The number of nitrogens with zero attached hydrogens (tertiary/aromatic N) is 1. The van der Waals surface area contributed by atoms with Crippen molar-refractivity contribution < 1.29 is 9.47 Å². The molecule has 3 nitrogen and oxygen atoms in total. The highest BCUT2D eigenvalue weighted by Crippen LogP contribution is 1.87. The lowest BCUT2D eigenvalue weighted by molar-refractivity contribution is -0.0848. The van der Waals surface area contributed by atoms with Gasteiger partial charge in [-0.05, 0) is 20.0 Å². The fourth-order valence-corrected chi connectivity index (χ4v) is 0.715. The van der Waals surface area contributed by atoms with Crippen LogP contribution in [0.1, 0.15) is 20.8 Å². The molecule has 0 atom stereocenters. The van der Waals surface area contributed by atoms with Gasteiger partial charge in [0.25, 0.3) is 0 Å². The van der Waals surface area contributed by atoms with Crippen molar-refractivity contribution in [1.29, 1.82) is 0 Å². The number of ether oxygens (including phenoxy) is 2. The summed E-state index contributed by atoms with van der Waals surface area (Å²) < 4.78 is 10.2. The summed E-state index contributed by atoms with van der Waals surface area (Å²) in [5, 5.41) is 0. The van der Waals surface area contributed by atoms with Gasteiger partial charge in [0, 0.05) is 6.61 Å². The van der Waals surface area contributed by atoms with Gasteiger partial charge < -0.3 is 9.47 Å². The van der Waals surface area contributed by atoms with Crippen LogP contribution >= 0.6 is 0 Å². The normalized spacial score (nSPS) is 10.9. The van der Waals surface area contributed by atoms with Crippen molar-refractivity contribution in [3.8, 4) is 0 Å². The first-order valence-electron chi connectivity index (χ1n) is 4.22. The van der Waals surface area contributed by atoms with Crippen LogP contribution in [0.15, 0.2) is 0 Å². The summed E-state index contributed by atoms with van der Waals surface area (Å²) in [6.07, 6.45) is 0. The largest absolute Gasteiger partial charge is 0.356 e. The molecular weight excluding hydrogens is 142 g/mol. The maximum Gasteiger partial charge on any atom is 0.148 e. The van der Waals surface area contributed by atoms with Gasteiger partial charge in [-0.1, -0.05) is 13.8 Å². The van der Waals surface area contributed by atoms with E-state index in [2.05, 4.69) is 18.7 Å². The fourth-order valence-electron chi connectivity index (χ4n) is 0.715. The van der Waals surface area contributed by atoms with Gasteiger partial charge in [-0.15, -0.1) is 0 Å². The molecule has 0 fully saturated rings. The number of hydrogen-bond donors (Lipinski definition) is 0. The summed E-state index contributed by atoms with van der Waals surface area (Å²) in [5.41, 5.74) is 0. The van der Waals surface area contributed by atoms with Crippen LogP contribution in [-0.2, 0) is 9.47 Å². The summed E-state index contributed by atoms with van der Waals surface area (Å²) >= 11 is 0. The summed E-state index contributed by atoms with van der Waals surface area (Å²) in [4.78, 5) is 2.19. The van der Waals surface area contributed by atoms with Gasteiger partial charge in [0.15, 0.2) is 0 Å². The maximum absolute atomic E-state index is 5.22. The SMILES string of the molecule is CCOCOCN(CC)CC. The molecule has 0 aliphatic heterocycles. The Morgan fingerprint density at radius 1 is 1.00 bits per heavy atom. The molecule has 0 saturated heterocycles. The highest BCUT2D eigenvalue weighted by Gasteiger charge is 1.96. The average molecular weight is 161 g/mol. The van der Waals surface area contributed by atoms with Crippen LogP contribution in [0.5, 0.6) is 0 Å². The van der Waals surface area contributed by atoms with Crippen molar-refractivity contribution >= 4 is 0 Å². The Morgan fingerprint density at radius 3 is 2.09 bits per heavy atom. The molecule has 0 rings (SSSR count). The third kappa shape index (κ3) is 6.28. The third-order valence-electron chi connectivity index (χ3n) is 1.54. The second kappa shape index (κ2) is 7.98. The lowest BCUT2D eigenvalue weighted by Gasteiger charge is -2.17. The lowest BCUT2D eigenvalue weighted by atomic mass is 10.6. The van der Waals surface area contributed by atoms with E-state index in [0.717, 1.165) is 19.7 Å². The average Bonchev–Trinajstić information content (AvgIpc) is 2.05.